The molecule has 1 aromatic heterocycles. The first-order chi connectivity index (χ1) is 9.23. The molecule has 6 nitrogen and oxygen atoms in total. The molecule has 9 heteroatoms. The Morgan fingerprint density at radius 2 is 2.20 bits per heavy atom. The monoisotopic (exact) mass is 294 g/mol. The van der Waals surface area contributed by atoms with Crippen LogP contribution in [0.3, 0.4) is 0 Å². The molecule has 1 heterocycles. The fourth-order valence-electron chi connectivity index (χ4n) is 1.58. The van der Waals surface area contributed by atoms with Gasteiger partial charge in [-0.3, -0.25) is 10.00 Å². The van der Waals surface area contributed by atoms with Crippen LogP contribution in [0.2, 0.25) is 0 Å². The van der Waals surface area contributed by atoms with Crippen molar-refractivity contribution >= 4 is 11.8 Å². The normalized spacial score (nSPS) is 11.8. The largest absolute Gasteiger partial charge is 0.408 e. The molecule has 0 radical (unpaired) electrons. The van der Waals surface area contributed by atoms with E-state index >= 15 is 0 Å². The number of aliphatic hydroxyl groups is 1. The number of amides is 2. The summed E-state index contributed by atoms with van der Waals surface area (Å²) in [6.45, 7) is 2.24. The van der Waals surface area contributed by atoms with Crippen LogP contribution in [0.4, 0.5) is 23.8 Å². The molecular weight excluding hydrogens is 277 g/mol. The number of urea groups is 1. The SMILES string of the molecule is CC(C)N(CCO)C(=O)Nc1ccn(CC(F)(F)F)n1. The van der Waals surface area contributed by atoms with Gasteiger partial charge in [-0.05, 0) is 13.8 Å². The average molecular weight is 294 g/mol. The van der Waals surface area contributed by atoms with Gasteiger partial charge < -0.3 is 10.0 Å². The predicted molar refractivity (Wildman–Crippen MR) is 66.2 cm³/mol. The van der Waals surface area contributed by atoms with Crippen molar-refractivity contribution in [3.05, 3.63) is 12.3 Å². The molecule has 0 aliphatic carbocycles. The van der Waals surface area contributed by atoms with Gasteiger partial charge in [-0.2, -0.15) is 18.3 Å². The Hall–Kier alpha value is -1.77. The maximum Gasteiger partial charge on any atom is 0.408 e. The molecule has 2 N–H and O–H groups in total. The van der Waals surface area contributed by atoms with E-state index in [1.54, 1.807) is 13.8 Å². The lowest BCUT2D eigenvalue weighted by atomic mass is 10.3. The molecule has 0 atom stereocenters. The molecule has 0 unspecified atom stereocenters. The Morgan fingerprint density at radius 1 is 1.55 bits per heavy atom. The number of anilines is 1. The van der Waals surface area contributed by atoms with Crippen molar-refractivity contribution in [2.75, 3.05) is 18.5 Å². The van der Waals surface area contributed by atoms with E-state index in [0.717, 1.165) is 6.20 Å². The summed E-state index contributed by atoms with van der Waals surface area (Å²) in [5.74, 6) is 0.0304. The summed E-state index contributed by atoms with van der Waals surface area (Å²) in [5, 5.41) is 14.9. The molecule has 2 amide bonds. The lowest BCUT2D eigenvalue weighted by molar-refractivity contribution is -0.142. The minimum absolute atomic E-state index is 0.0304. The number of alkyl halides is 3. The molecular formula is C11H17F3N4O2. The first-order valence-electron chi connectivity index (χ1n) is 6.01. The summed E-state index contributed by atoms with van der Waals surface area (Å²) in [4.78, 5) is 13.2. The van der Waals surface area contributed by atoms with E-state index in [-0.39, 0.29) is 25.0 Å². The summed E-state index contributed by atoms with van der Waals surface area (Å²) in [6.07, 6.45) is -3.23. The van der Waals surface area contributed by atoms with E-state index in [9.17, 15) is 18.0 Å². The zero-order valence-corrected chi connectivity index (χ0v) is 11.2. The number of rotatable bonds is 5. The van der Waals surface area contributed by atoms with Gasteiger partial charge in [0.05, 0.1) is 6.61 Å². The van der Waals surface area contributed by atoms with Crippen LogP contribution in [0.25, 0.3) is 0 Å². The highest BCUT2D eigenvalue weighted by Crippen LogP contribution is 2.17. The van der Waals surface area contributed by atoms with Crippen LogP contribution in [-0.2, 0) is 6.54 Å². The number of nitrogens with zero attached hydrogens (tertiary/aromatic N) is 3. The molecule has 1 aromatic rings. The fourth-order valence-corrected chi connectivity index (χ4v) is 1.58. The molecule has 0 spiro atoms. The third-order valence-corrected chi connectivity index (χ3v) is 2.44. The van der Waals surface area contributed by atoms with Gasteiger partial charge in [0.15, 0.2) is 5.82 Å². The van der Waals surface area contributed by atoms with E-state index in [1.165, 1.54) is 11.0 Å². The van der Waals surface area contributed by atoms with Crippen molar-refractivity contribution in [1.29, 1.82) is 0 Å². The quantitative estimate of drug-likeness (QED) is 0.868. The van der Waals surface area contributed by atoms with Gasteiger partial charge in [0.25, 0.3) is 0 Å². The van der Waals surface area contributed by atoms with Crippen molar-refractivity contribution in [2.45, 2.75) is 32.6 Å². The van der Waals surface area contributed by atoms with Crippen LogP contribution >= 0.6 is 0 Å². The number of nitrogens with one attached hydrogen (secondary N) is 1. The first kappa shape index (κ1) is 16.3. The van der Waals surface area contributed by atoms with Crippen LogP contribution < -0.4 is 5.32 Å². The average Bonchev–Trinajstić information content (AvgIpc) is 2.70. The van der Waals surface area contributed by atoms with E-state index in [0.29, 0.717) is 4.68 Å². The highest BCUT2D eigenvalue weighted by Gasteiger charge is 2.28. The molecule has 0 saturated carbocycles. The highest BCUT2D eigenvalue weighted by atomic mass is 19.4. The number of aromatic nitrogens is 2. The number of hydrogen-bond acceptors (Lipinski definition) is 3. The molecule has 1 rings (SSSR count). The number of carbonyl (C=O) groups is 1. The smallest absolute Gasteiger partial charge is 0.395 e. The summed E-state index contributed by atoms with van der Waals surface area (Å²) < 4.78 is 37.2. The van der Waals surface area contributed by atoms with Crippen LogP contribution in [0.1, 0.15) is 13.8 Å². The van der Waals surface area contributed by atoms with E-state index < -0.39 is 18.8 Å². The van der Waals surface area contributed by atoms with Crippen LogP contribution in [0.15, 0.2) is 12.3 Å². The van der Waals surface area contributed by atoms with Crippen molar-refractivity contribution in [3.8, 4) is 0 Å². The third-order valence-electron chi connectivity index (χ3n) is 2.44. The standard InChI is InChI=1S/C11H17F3N4O2/c1-8(2)18(5-6-19)10(20)15-9-3-4-17(16-9)7-11(12,13)14/h3-4,8,19H,5-7H2,1-2H3,(H,15,16,20). The molecule has 0 aliphatic heterocycles. The van der Waals surface area contributed by atoms with Gasteiger partial charge in [0.2, 0.25) is 0 Å². The van der Waals surface area contributed by atoms with Crippen molar-refractivity contribution in [2.24, 2.45) is 0 Å². The number of aliphatic hydroxyl groups excluding tert-OH is 1. The first-order valence-corrected chi connectivity index (χ1v) is 6.01. The van der Waals surface area contributed by atoms with E-state index in [4.69, 9.17) is 5.11 Å². The fraction of sp³-hybridized carbons (Fsp3) is 0.636. The molecule has 0 fully saturated rings. The summed E-state index contributed by atoms with van der Waals surface area (Å²) >= 11 is 0. The Balaban J connectivity index is 2.66. The van der Waals surface area contributed by atoms with Crippen LogP contribution in [-0.4, -0.2) is 51.2 Å². The van der Waals surface area contributed by atoms with Crippen molar-refractivity contribution in [1.82, 2.24) is 14.7 Å². The maximum atomic E-state index is 12.2. The highest BCUT2D eigenvalue weighted by molar-refractivity contribution is 5.88. The van der Waals surface area contributed by atoms with Gasteiger partial charge in [-0.15, -0.1) is 0 Å². The third kappa shape index (κ3) is 5.08. The zero-order valence-electron chi connectivity index (χ0n) is 11.2. The number of halogens is 3. The molecule has 20 heavy (non-hydrogen) atoms. The topological polar surface area (TPSA) is 70.4 Å². The van der Waals surface area contributed by atoms with E-state index in [1.807, 2.05) is 0 Å². The molecule has 0 aromatic carbocycles. The predicted octanol–water partition coefficient (Wildman–Crippen LogP) is 1.68. The summed E-state index contributed by atoms with van der Waals surface area (Å²) in [6, 6.07) is 0.604. The second-order valence-electron chi connectivity index (χ2n) is 4.45. The maximum absolute atomic E-state index is 12.2. The number of hydrogen-bond donors (Lipinski definition) is 2. The Morgan fingerprint density at radius 3 is 2.70 bits per heavy atom. The Labute approximate surface area is 114 Å². The minimum Gasteiger partial charge on any atom is -0.395 e. The van der Waals surface area contributed by atoms with Gasteiger partial charge in [0.1, 0.15) is 6.54 Å². The van der Waals surface area contributed by atoms with E-state index in [2.05, 4.69) is 10.4 Å². The summed E-state index contributed by atoms with van der Waals surface area (Å²) in [5.41, 5.74) is 0. The van der Waals surface area contributed by atoms with Gasteiger partial charge in [0, 0.05) is 24.8 Å². The number of carbonyl (C=O) groups excluding carboxylic acids is 1. The van der Waals surface area contributed by atoms with Crippen molar-refractivity contribution in [3.63, 3.8) is 0 Å². The zero-order chi connectivity index (χ0) is 15.3. The Bertz CT molecular complexity index is 445. The molecule has 114 valence electrons. The van der Waals surface area contributed by atoms with Crippen molar-refractivity contribution < 1.29 is 23.1 Å². The molecule has 0 bridgehead atoms. The minimum atomic E-state index is -4.37. The summed E-state index contributed by atoms with van der Waals surface area (Å²) in [7, 11) is 0. The lowest BCUT2D eigenvalue weighted by Crippen LogP contribution is -2.41. The Kier molecular flexibility index (Phi) is 5.37. The molecule has 0 saturated heterocycles. The van der Waals surface area contributed by atoms with Crippen LogP contribution in [0.5, 0.6) is 0 Å². The second kappa shape index (κ2) is 6.60. The lowest BCUT2D eigenvalue weighted by Gasteiger charge is -2.25. The van der Waals surface area contributed by atoms with Crippen LogP contribution in [0, 0.1) is 0 Å². The van der Waals surface area contributed by atoms with Gasteiger partial charge in [-0.25, -0.2) is 4.79 Å². The second-order valence-corrected chi connectivity index (χ2v) is 4.45. The van der Waals surface area contributed by atoms with Gasteiger partial charge >= 0.3 is 12.2 Å². The van der Waals surface area contributed by atoms with Gasteiger partial charge in [-0.1, -0.05) is 0 Å². The molecule has 0 aliphatic rings.